The molecule has 9 nitrogen and oxygen atoms in total. The van der Waals surface area contributed by atoms with Crippen LogP contribution in [0.2, 0.25) is 0 Å². The van der Waals surface area contributed by atoms with Gasteiger partial charge in [-0.05, 0) is 54.4 Å². The van der Waals surface area contributed by atoms with Crippen molar-refractivity contribution in [3.8, 4) is 0 Å². The molecule has 0 aliphatic carbocycles. The van der Waals surface area contributed by atoms with Crippen LogP contribution >= 0.6 is 0 Å². The Morgan fingerprint density at radius 1 is 1.00 bits per heavy atom. The lowest BCUT2D eigenvalue weighted by Crippen LogP contribution is -2.32. The van der Waals surface area contributed by atoms with E-state index in [0.29, 0.717) is 35.7 Å². The van der Waals surface area contributed by atoms with Gasteiger partial charge < -0.3 is 15.1 Å². The number of carbonyl (C=O) groups excluding carboxylic acids is 2. The van der Waals surface area contributed by atoms with Crippen LogP contribution in [0.3, 0.4) is 0 Å². The van der Waals surface area contributed by atoms with Gasteiger partial charge in [-0.25, -0.2) is 12.7 Å². The zero-order valence-electron chi connectivity index (χ0n) is 20.2. The first-order valence-electron chi connectivity index (χ1n) is 11.0. The fraction of sp³-hybridized carbons (Fsp3) is 0.280. The molecule has 10 heteroatoms. The van der Waals surface area contributed by atoms with Gasteiger partial charge in [-0.1, -0.05) is 18.2 Å². The van der Waals surface area contributed by atoms with Gasteiger partial charge in [-0.2, -0.15) is 0 Å². The van der Waals surface area contributed by atoms with E-state index in [2.05, 4.69) is 10.6 Å². The smallest absolute Gasteiger partial charge is 0.251 e. The van der Waals surface area contributed by atoms with Crippen LogP contribution < -0.4 is 10.6 Å². The second-order valence-electron chi connectivity index (χ2n) is 8.32. The van der Waals surface area contributed by atoms with Crippen molar-refractivity contribution in [2.75, 3.05) is 33.0 Å². The Balaban J connectivity index is 1.75. The molecule has 0 spiro atoms. The first kappa shape index (κ1) is 26.1. The molecule has 0 radical (unpaired) electrons. The van der Waals surface area contributed by atoms with Gasteiger partial charge in [0, 0.05) is 38.9 Å². The Bertz CT molecular complexity index is 1270. The van der Waals surface area contributed by atoms with Crippen LogP contribution in [-0.2, 0) is 27.9 Å². The standard InChI is InChI=1S/C25H30N4O5S/c1-18-7-12-21(14-23(18)35(32,33)28(3)4)27-24(30)17-29(16-22-6-5-13-34-22)15-19-8-10-20(11-9-19)25(31)26-2/h5-14H,15-17H2,1-4H3,(H,26,31)(H,27,30). The molecular formula is C25H30N4O5S. The minimum atomic E-state index is -3.64. The molecule has 35 heavy (non-hydrogen) atoms. The topological polar surface area (TPSA) is 112 Å². The number of rotatable bonds is 10. The summed E-state index contributed by atoms with van der Waals surface area (Å²) in [7, 11) is 0.863. The largest absolute Gasteiger partial charge is 0.468 e. The summed E-state index contributed by atoms with van der Waals surface area (Å²) in [6.45, 7) is 2.59. The highest BCUT2D eigenvalue weighted by Crippen LogP contribution is 2.22. The zero-order chi connectivity index (χ0) is 25.6. The van der Waals surface area contributed by atoms with Crippen molar-refractivity contribution in [1.29, 1.82) is 0 Å². The van der Waals surface area contributed by atoms with E-state index in [9.17, 15) is 18.0 Å². The van der Waals surface area contributed by atoms with Crippen molar-refractivity contribution in [2.24, 2.45) is 0 Å². The lowest BCUT2D eigenvalue weighted by Gasteiger charge is -2.21. The van der Waals surface area contributed by atoms with Gasteiger partial charge in [-0.3, -0.25) is 14.5 Å². The molecule has 1 aromatic heterocycles. The minimum Gasteiger partial charge on any atom is -0.468 e. The Kier molecular flexibility index (Phi) is 8.44. The summed E-state index contributed by atoms with van der Waals surface area (Å²) in [5.74, 6) is 0.238. The number of aryl methyl sites for hydroxylation is 1. The second-order valence-corrected chi connectivity index (χ2v) is 10.4. The quantitative estimate of drug-likeness (QED) is 0.445. The molecule has 186 valence electrons. The molecule has 0 aliphatic heterocycles. The van der Waals surface area contributed by atoms with Crippen LogP contribution in [-0.4, -0.2) is 57.1 Å². The average molecular weight is 499 g/mol. The number of nitrogens with one attached hydrogen (secondary N) is 2. The SMILES string of the molecule is CNC(=O)c1ccc(CN(CC(=O)Nc2ccc(C)c(S(=O)(=O)N(C)C)c2)Cc2ccco2)cc1. The van der Waals surface area contributed by atoms with Gasteiger partial charge in [0.15, 0.2) is 0 Å². The van der Waals surface area contributed by atoms with Gasteiger partial charge in [-0.15, -0.1) is 0 Å². The third kappa shape index (κ3) is 6.78. The van der Waals surface area contributed by atoms with E-state index in [0.717, 1.165) is 9.87 Å². The lowest BCUT2D eigenvalue weighted by atomic mass is 10.1. The maximum atomic E-state index is 12.9. The molecule has 0 saturated carbocycles. The predicted octanol–water partition coefficient (Wildman–Crippen LogP) is 2.84. The minimum absolute atomic E-state index is 0.0432. The highest BCUT2D eigenvalue weighted by atomic mass is 32.2. The summed E-state index contributed by atoms with van der Waals surface area (Å²) in [6.07, 6.45) is 1.57. The van der Waals surface area contributed by atoms with Crippen LogP contribution in [0.25, 0.3) is 0 Å². The molecule has 0 fully saturated rings. The van der Waals surface area contributed by atoms with E-state index in [1.807, 2.05) is 23.1 Å². The first-order chi connectivity index (χ1) is 16.6. The Hall–Kier alpha value is -3.47. The van der Waals surface area contributed by atoms with E-state index in [4.69, 9.17) is 4.42 Å². The fourth-order valence-corrected chi connectivity index (χ4v) is 4.65. The monoisotopic (exact) mass is 498 g/mol. The van der Waals surface area contributed by atoms with Gasteiger partial charge in [0.1, 0.15) is 5.76 Å². The van der Waals surface area contributed by atoms with Gasteiger partial charge in [0.25, 0.3) is 5.91 Å². The number of nitrogens with zero attached hydrogens (tertiary/aromatic N) is 2. The molecule has 2 aromatic carbocycles. The molecule has 0 bridgehead atoms. The Labute approximate surface area is 205 Å². The molecule has 0 saturated heterocycles. The van der Waals surface area contributed by atoms with Crippen molar-refractivity contribution in [2.45, 2.75) is 24.9 Å². The van der Waals surface area contributed by atoms with Crippen LogP contribution in [0.4, 0.5) is 5.69 Å². The van der Waals surface area contributed by atoms with Gasteiger partial charge >= 0.3 is 0 Å². The van der Waals surface area contributed by atoms with Crippen LogP contribution in [0.1, 0.15) is 27.2 Å². The van der Waals surface area contributed by atoms with Crippen molar-refractivity contribution in [1.82, 2.24) is 14.5 Å². The average Bonchev–Trinajstić information content (AvgIpc) is 3.33. The zero-order valence-corrected chi connectivity index (χ0v) is 21.1. The normalized spacial score (nSPS) is 11.6. The molecule has 2 amide bonds. The van der Waals surface area contributed by atoms with E-state index in [1.54, 1.807) is 50.6 Å². The Morgan fingerprint density at radius 2 is 1.71 bits per heavy atom. The van der Waals surface area contributed by atoms with E-state index in [1.165, 1.54) is 20.2 Å². The molecule has 2 N–H and O–H groups in total. The molecule has 0 aliphatic rings. The molecule has 1 heterocycles. The number of benzene rings is 2. The second kappa shape index (κ2) is 11.3. The van der Waals surface area contributed by atoms with Crippen LogP contribution in [0, 0.1) is 6.92 Å². The number of hydrogen-bond donors (Lipinski definition) is 2. The van der Waals surface area contributed by atoms with E-state index in [-0.39, 0.29) is 23.3 Å². The molecule has 0 unspecified atom stereocenters. The maximum Gasteiger partial charge on any atom is 0.251 e. The van der Waals surface area contributed by atoms with Gasteiger partial charge in [0.2, 0.25) is 15.9 Å². The third-order valence-corrected chi connectivity index (χ3v) is 7.36. The summed E-state index contributed by atoms with van der Waals surface area (Å²) in [5.41, 5.74) is 2.46. The third-order valence-electron chi connectivity index (χ3n) is 5.41. The summed E-state index contributed by atoms with van der Waals surface area (Å²) < 4.78 is 31.8. The van der Waals surface area contributed by atoms with E-state index >= 15 is 0 Å². The van der Waals surface area contributed by atoms with Crippen molar-refractivity contribution in [3.05, 3.63) is 83.3 Å². The summed E-state index contributed by atoms with van der Waals surface area (Å²) in [4.78, 5) is 26.7. The summed E-state index contributed by atoms with van der Waals surface area (Å²) >= 11 is 0. The predicted molar refractivity (Wildman–Crippen MR) is 133 cm³/mol. The number of hydrogen-bond acceptors (Lipinski definition) is 6. The summed E-state index contributed by atoms with van der Waals surface area (Å²) in [6, 6.07) is 15.6. The molecular weight excluding hydrogens is 468 g/mol. The highest BCUT2D eigenvalue weighted by Gasteiger charge is 2.21. The number of anilines is 1. The van der Waals surface area contributed by atoms with Crippen LogP contribution in [0.5, 0.6) is 0 Å². The highest BCUT2D eigenvalue weighted by molar-refractivity contribution is 7.89. The molecule has 3 aromatic rings. The number of sulfonamides is 1. The van der Waals surface area contributed by atoms with Crippen molar-refractivity contribution < 1.29 is 22.4 Å². The summed E-state index contributed by atoms with van der Waals surface area (Å²) in [5, 5.41) is 5.39. The number of furan rings is 1. The van der Waals surface area contributed by atoms with Crippen molar-refractivity contribution >= 4 is 27.5 Å². The fourth-order valence-electron chi connectivity index (χ4n) is 3.51. The van der Waals surface area contributed by atoms with Crippen molar-refractivity contribution in [3.63, 3.8) is 0 Å². The Morgan fingerprint density at radius 3 is 2.31 bits per heavy atom. The van der Waals surface area contributed by atoms with E-state index < -0.39 is 10.0 Å². The lowest BCUT2D eigenvalue weighted by molar-refractivity contribution is -0.117. The maximum absolute atomic E-state index is 12.9. The first-order valence-corrected chi connectivity index (χ1v) is 12.4. The van der Waals surface area contributed by atoms with Gasteiger partial charge in [0.05, 0.1) is 24.2 Å². The number of carbonyl (C=O) groups is 2. The number of amides is 2. The molecule has 0 atom stereocenters. The van der Waals surface area contributed by atoms with Crippen LogP contribution in [0.15, 0.2) is 70.2 Å². The molecule has 3 rings (SSSR count).